The van der Waals surface area contributed by atoms with Gasteiger partial charge in [0.05, 0.1) is 12.6 Å². The van der Waals surface area contributed by atoms with Crippen molar-refractivity contribution in [2.24, 2.45) is 5.73 Å². The molecule has 0 amide bonds. The summed E-state index contributed by atoms with van der Waals surface area (Å²) in [6, 6.07) is -0.241. The van der Waals surface area contributed by atoms with Gasteiger partial charge in [0.1, 0.15) is 5.01 Å². The predicted octanol–water partition coefficient (Wildman–Crippen LogP) is 0.0719. The van der Waals surface area contributed by atoms with Crippen LogP contribution in [0.25, 0.3) is 4.96 Å². The number of aromatic nitrogens is 4. The Kier molecular flexibility index (Phi) is 3.25. The third-order valence-electron chi connectivity index (χ3n) is 3.08. The average molecular weight is 269 g/mol. The zero-order chi connectivity index (χ0) is 12.5. The van der Waals surface area contributed by atoms with Crippen molar-refractivity contribution in [1.82, 2.24) is 19.8 Å². The van der Waals surface area contributed by atoms with Crippen LogP contribution < -0.4 is 5.73 Å². The second-order valence-electron chi connectivity index (χ2n) is 4.37. The second kappa shape index (κ2) is 4.88. The zero-order valence-corrected chi connectivity index (χ0v) is 10.6. The van der Waals surface area contributed by atoms with Gasteiger partial charge in [-0.3, -0.25) is 0 Å². The van der Waals surface area contributed by atoms with E-state index in [2.05, 4.69) is 15.3 Å². The average Bonchev–Trinajstić information content (AvgIpc) is 3.04. The first-order valence-electron chi connectivity index (χ1n) is 5.96. The Morgan fingerprint density at radius 1 is 1.56 bits per heavy atom. The summed E-state index contributed by atoms with van der Waals surface area (Å²) in [5.74, 6) is 1.12. The van der Waals surface area contributed by atoms with E-state index in [9.17, 15) is 0 Å². The van der Waals surface area contributed by atoms with Crippen LogP contribution in [0.5, 0.6) is 0 Å². The van der Waals surface area contributed by atoms with Crippen LogP contribution in [-0.4, -0.2) is 44.7 Å². The predicted molar refractivity (Wildman–Crippen MR) is 65.5 cm³/mol. The number of hydrogen-bond acceptors (Lipinski definition) is 7. The lowest BCUT2D eigenvalue weighted by Gasteiger charge is -2.04. The molecule has 0 aliphatic carbocycles. The summed E-state index contributed by atoms with van der Waals surface area (Å²) >= 11 is 1.43. The number of aliphatic hydroxyl groups is 1. The summed E-state index contributed by atoms with van der Waals surface area (Å²) in [6.45, 7) is 1.50. The maximum Gasteiger partial charge on any atom is 0.234 e. The molecule has 2 unspecified atom stereocenters. The molecule has 1 fully saturated rings. The molecule has 2 aromatic rings. The lowest BCUT2D eigenvalue weighted by atomic mass is 10.1. The van der Waals surface area contributed by atoms with Crippen LogP contribution >= 0.6 is 11.3 Å². The van der Waals surface area contributed by atoms with E-state index in [1.54, 1.807) is 4.52 Å². The van der Waals surface area contributed by atoms with Crippen LogP contribution in [0.2, 0.25) is 0 Å². The number of nitrogens with two attached hydrogens (primary N) is 1. The van der Waals surface area contributed by atoms with Gasteiger partial charge in [-0.2, -0.15) is 9.61 Å². The van der Waals surface area contributed by atoms with Crippen LogP contribution in [0.1, 0.15) is 35.6 Å². The fourth-order valence-electron chi connectivity index (χ4n) is 2.05. The first kappa shape index (κ1) is 12.0. The van der Waals surface area contributed by atoms with Gasteiger partial charge in [-0.1, -0.05) is 11.3 Å². The molecular formula is C10H15N5O2S. The molecule has 1 aliphatic heterocycles. The molecule has 2 atom stereocenters. The van der Waals surface area contributed by atoms with Crippen molar-refractivity contribution in [3.05, 3.63) is 10.8 Å². The van der Waals surface area contributed by atoms with Crippen LogP contribution in [-0.2, 0) is 4.74 Å². The first-order valence-corrected chi connectivity index (χ1v) is 6.77. The summed E-state index contributed by atoms with van der Waals surface area (Å²) in [5.41, 5.74) is 5.93. The molecule has 8 heteroatoms. The normalized spacial score (nSPS) is 21.8. The van der Waals surface area contributed by atoms with E-state index in [0.717, 1.165) is 28.8 Å². The Hall–Kier alpha value is -1.09. The van der Waals surface area contributed by atoms with Gasteiger partial charge in [-0.05, 0) is 12.8 Å². The summed E-state index contributed by atoms with van der Waals surface area (Å²) in [6.07, 6.45) is 1.46. The first-order chi connectivity index (χ1) is 8.79. The third-order valence-corrected chi connectivity index (χ3v) is 4.11. The van der Waals surface area contributed by atoms with Crippen molar-refractivity contribution in [2.45, 2.75) is 24.8 Å². The fourth-order valence-corrected chi connectivity index (χ4v) is 2.93. The maximum atomic E-state index is 8.90. The number of aliphatic hydroxyl groups excluding tert-OH is 1. The van der Waals surface area contributed by atoms with E-state index < -0.39 is 0 Å². The minimum Gasteiger partial charge on any atom is -0.396 e. The molecule has 0 aromatic carbocycles. The van der Waals surface area contributed by atoms with Crippen molar-refractivity contribution in [3.63, 3.8) is 0 Å². The van der Waals surface area contributed by atoms with Crippen molar-refractivity contribution < 1.29 is 9.84 Å². The molecule has 7 nitrogen and oxygen atoms in total. The molecule has 3 rings (SSSR count). The molecule has 1 aliphatic rings. The SMILES string of the molecule is NC(CCO)c1nn2c(C3CCOC3)nnc2s1. The Balaban J connectivity index is 1.92. The Morgan fingerprint density at radius 3 is 3.17 bits per heavy atom. The summed E-state index contributed by atoms with van der Waals surface area (Å²) in [7, 11) is 0. The Morgan fingerprint density at radius 2 is 2.44 bits per heavy atom. The minimum absolute atomic E-state index is 0.0602. The molecule has 0 bridgehead atoms. The van der Waals surface area contributed by atoms with Crippen LogP contribution in [0, 0.1) is 0 Å². The van der Waals surface area contributed by atoms with E-state index in [4.69, 9.17) is 15.6 Å². The standard InChI is InChI=1S/C10H15N5O2S/c11-7(1-3-16)9-14-15-8(6-2-4-17-5-6)12-13-10(15)18-9/h6-7,16H,1-5,11H2. The number of nitrogens with zero attached hydrogens (tertiary/aromatic N) is 4. The molecule has 0 radical (unpaired) electrons. The van der Waals surface area contributed by atoms with Crippen molar-refractivity contribution in [3.8, 4) is 0 Å². The van der Waals surface area contributed by atoms with E-state index in [1.807, 2.05) is 0 Å². The summed E-state index contributed by atoms with van der Waals surface area (Å²) in [5, 5.41) is 22.4. The fraction of sp³-hybridized carbons (Fsp3) is 0.700. The molecule has 1 saturated heterocycles. The molecule has 3 heterocycles. The lowest BCUT2D eigenvalue weighted by Crippen LogP contribution is -2.12. The van der Waals surface area contributed by atoms with E-state index in [-0.39, 0.29) is 18.6 Å². The number of hydrogen-bond donors (Lipinski definition) is 2. The third kappa shape index (κ3) is 2.01. The van der Waals surface area contributed by atoms with E-state index in [1.165, 1.54) is 11.3 Å². The molecule has 2 aromatic heterocycles. The van der Waals surface area contributed by atoms with Gasteiger partial charge in [-0.25, -0.2) is 0 Å². The van der Waals surface area contributed by atoms with Gasteiger partial charge in [0.25, 0.3) is 0 Å². The van der Waals surface area contributed by atoms with Gasteiger partial charge in [0.2, 0.25) is 4.96 Å². The van der Waals surface area contributed by atoms with Crippen LogP contribution in [0.4, 0.5) is 0 Å². The Bertz CT molecular complexity index is 533. The number of fused-ring (bicyclic) bond motifs is 1. The second-order valence-corrected chi connectivity index (χ2v) is 5.36. The van der Waals surface area contributed by atoms with Gasteiger partial charge >= 0.3 is 0 Å². The zero-order valence-electron chi connectivity index (χ0n) is 9.82. The smallest absolute Gasteiger partial charge is 0.234 e. The Labute approximate surface area is 108 Å². The van der Waals surface area contributed by atoms with Gasteiger partial charge in [0.15, 0.2) is 5.82 Å². The summed E-state index contributed by atoms with van der Waals surface area (Å²) in [4.78, 5) is 0.750. The van der Waals surface area contributed by atoms with E-state index in [0.29, 0.717) is 13.0 Å². The highest BCUT2D eigenvalue weighted by Crippen LogP contribution is 2.27. The molecule has 98 valence electrons. The highest BCUT2D eigenvalue weighted by atomic mass is 32.1. The van der Waals surface area contributed by atoms with Crippen molar-refractivity contribution in [1.29, 1.82) is 0 Å². The monoisotopic (exact) mass is 269 g/mol. The highest BCUT2D eigenvalue weighted by Gasteiger charge is 2.25. The molecule has 18 heavy (non-hydrogen) atoms. The lowest BCUT2D eigenvalue weighted by molar-refractivity contribution is 0.193. The number of ether oxygens (including phenoxy) is 1. The minimum atomic E-state index is -0.241. The van der Waals surface area contributed by atoms with Gasteiger partial charge < -0.3 is 15.6 Å². The van der Waals surface area contributed by atoms with Gasteiger partial charge in [-0.15, -0.1) is 10.2 Å². The highest BCUT2D eigenvalue weighted by molar-refractivity contribution is 7.16. The van der Waals surface area contributed by atoms with Crippen LogP contribution in [0.15, 0.2) is 0 Å². The maximum absolute atomic E-state index is 8.90. The summed E-state index contributed by atoms with van der Waals surface area (Å²) < 4.78 is 7.12. The number of rotatable bonds is 4. The van der Waals surface area contributed by atoms with Crippen molar-refractivity contribution in [2.75, 3.05) is 19.8 Å². The largest absolute Gasteiger partial charge is 0.396 e. The van der Waals surface area contributed by atoms with Crippen LogP contribution in [0.3, 0.4) is 0 Å². The topological polar surface area (TPSA) is 98.6 Å². The molecule has 0 saturated carbocycles. The van der Waals surface area contributed by atoms with E-state index >= 15 is 0 Å². The molecule has 0 spiro atoms. The molecular weight excluding hydrogens is 254 g/mol. The molecule has 3 N–H and O–H groups in total. The quantitative estimate of drug-likeness (QED) is 0.815. The van der Waals surface area contributed by atoms with Gasteiger partial charge in [0, 0.05) is 19.1 Å². The van der Waals surface area contributed by atoms with Crippen molar-refractivity contribution >= 4 is 16.3 Å².